The van der Waals surface area contributed by atoms with Crippen molar-refractivity contribution in [3.05, 3.63) is 83.4 Å². The van der Waals surface area contributed by atoms with Crippen LogP contribution in [0.4, 0.5) is 0 Å². The van der Waals surface area contributed by atoms with Crippen LogP contribution in [-0.2, 0) is 6.54 Å². The normalized spacial score (nSPS) is 15.6. The molecule has 4 nitrogen and oxygen atoms in total. The van der Waals surface area contributed by atoms with Crippen molar-refractivity contribution in [1.29, 1.82) is 0 Å². The van der Waals surface area contributed by atoms with Crippen LogP contribution in [0.2, 0.25) is 5.28 Å². The van der Waals surface area contributed by atoms with Gasteiger partial charge in [-0.3, -0.25) is 4.90 Å². The van der Waals surface area contributed by atoms with E-state index in [4.69, 9.17) is 16.3 Å². The SMILES string of the molecule is Clc1ncc(CN2CCC(c3ccc(Oc4ccccc4)cc3)CC2)cn1. The van der Waals surface area contributed by atoms with Crippen molar-refractivity contribution in [3.8, 4) is 11.5 Å². The van der Waals surface area contributed by atoms with Gasteiger partial charge in [-0.25, -0.2) is 9.97 Å². The van der Waals surface area contributed by atoms with Gasteiger partial charge >= 0.3 is 0 Å². The molecule has 0 amide bonds. The predicted octanol–water partition coefficient (Wildman–Crippen LogP) is 5.30. The number of benzene rings is 2. The highest BCUT2D eigenvalue weighted by molar-refractivity contribution is 6.28. The molecule has 2 aromatic carbocycles. The van der Waals surface area contributed by atoms with E-state index in [2.05, 4.69) is 39.1 Å². The van der Waals surface area contributed by atoms with E-state index in [1.165, 1.54) is 5.56 Å². The first-order valence-electron chi connectivity index (χ1n) is 9.28. The Morgan fingerprint density at radius 1 is 0.889 bits per heavy atom. The van der Waals surface area contributed by atoms with E-state index in [1.807, 2.05) is 42.7 Å². The maximum Gasteiger partial charge on any atom is 0.222 e. The van der Waals surface area contributed by atoms with Crippen LogP contribution in [-0.4, -0.2) is 28.0 Å². The summed E-state index contributed by atoms with van der Waals surface area (Å²) in [5.41, 5.74) is 2.50. The van der Waals surface area contributed by atoms with E-state index in [0.717, 1.165) is 49.5 Å². The van der Waals surface area contributed by atoms with E-state index in [1.54, 1.807) is 0 Å². The number of nitrogens with zero attached hydrogens (tertiary/aromatic N) is 3. The highest BCUT2D eigenvalue weighted by Gasteiger charge is 2.20. The summed E-state index contributed by atoms with van der Waals surface area (Å²) in [7, 11) is 0. The average Bonchev–Trinajstić information content (AvgIpc) is 2.72. The number of hydrogen-bond donors (Lipinski definition) is 0. The standard InChI is InChI=1S/C22H22ClN3O/c23-22-24-14-17(15-25-22)16-26-12-10-19(11-13-26)18-6-8-21(9-7-18)27-20-4-2-1-3-5-20/h1-9,14-15,19H,10-13,16H2. The van der Waals surface area contributed by atoms with Crippen molar-refractivity contribution >= 4 is 11.6 Å². The molecule has 27 heavy (non-hydrogen) atoms. The zero-order valence-electron chi connectivity index (χ0n) is 15.1. The van der Waals surface area contributed by atoms with Gasteiger partial charge < -0.3 is 4.74 Å². The van der Waals surface area contributed by atoms with Gasteiger partial charge in [0.15, 0.2) is 0 Å². The fraction of sp³-hybridized carbons (Fsp3) is 0.273. The van der Waals surface area contributed by atoms with Crippen LogP contribution < -0.4 is 4.74 Å². The van der Waals surface area contributed by atoms with Crippen LogP contribution in [0.25, 0.3) is 0 Å². The summed E-state index contributed by atoms with van der Waals surface area (Å²) in [6.45, 7) is 3.04. The Kier molecular flexibility index (Phi) is 5.66. The zero-order chi connectivity index (χ0) is 18.5. The van der Waals surface area contributed by atoms with E-state index < -0.39 is 0 Å². The van der Waals surface area contributed by atoms with E-state index in [0.29, 0.717) is 11.2 Å². The number of aromatic nitrogens is 2. The van der Waals surface area contributed by atoms with Crippen molar-refractivity contribution < 1.29 is 4.74 Å². The molecule has 1 saturated heterocycles. The fourth-order valence-electron chi connectivity index (χ4n) is 3.54. The predicted molar refractivity (Wildman–Crippen MR) is 107 cm³/mol. The molecular formula is C22H22ClN3O. The smallest absolute Gasteiger partial charge is 0.222 e. The molecule has 1 aliphatic rings. The summed E-state index contributed by atoms with van der Waals surface area (Å²) in [5, 5.41) is 0.303. The van der Waals surface area contributed by atoms with Gasteiger partial charge in [-0.1, -0.05) is 30.3 Å². The summed E-state index contributed by atoms with van der Waals surface area (Å²) >= 11 is 5.75. The molecule has 1 aromatic heterocycles. The first-order valence-corrected chi connectivity index (χ1v) is 9.66. The van der Waals surface area contributed by atoms with E-state index in [9.17, 15) is 0 Å². The molecule has 1 fully saturated rings. The topological polar surface area (TPSA) is 38.2 Å². The van der Waals surface area contributed by atoms with Gasteiger partial charge in [-0.15, -0.1) is 0 Å². The van der Waals surface area contributed by atoms with Crippen LogP contribution in [0.3, 0.4) is 0 Å². The molecule has 0 radical (unpaired) electrons. The van der Waals surface area contributed by atoms with Gasteiger partial charge in [0.1, 0.15) is 11.5 Å². The minimum atomic E-state index is 0.303. The number of rotatable bonds is 5. The number of likely N-dealkylation sites (tertiary alicyclic amines) is 1. The summed E-state index contributed by atoms with van der Waals surface area (Å²) in [4.78, 5) is 10.6. The molecule has 0 spiro atoms. The molecule has 0 bridgehead atoms. The second-order valence-electron chi connectivity index (χ2n) is 6.89. The van der Waals surface area contributed by atoms with Crippen LogP contribution >= 0.6 is 11.6 Å². The van der Waals surface area contributed by atoms with Crippen molar-refractivity contribution in [2.24, 2.45) is 0 Å². The molecule has 4 rings (SSSR count). The van der Waals surface area contributed by atoms with Crippen LogP contribution in [0.1, 0.15) is 29.9 Å². The van der Waals surface area contributed by atoms with Gasteiger partial charge in [0.25, 0.3) is 0 Å². The van der Waals surface area contributed by atoms with Gasteiger partial charge in [-0.2, -0.15) is 0 Å². The maximum atomic E-state index is 5.88. The van der Waals surface area contributed by atoms with Crippen molar-refractivity contribution in [3.63, 3.8) is 0 Å². The minimum absolute atomic E-state index is 0.303. The number of halogens is 1. The molecule has 0 saturated carbocycles. The molecule has 0 unspecified atom stereocenters. The molecule has 138 valence electrons. The van der Waals surface area contributed by atoms with Crippen molar-refractivity contribution in [2.75, 3.05) is 13.1 Å². The molecule has 3 aromatic rings. The highest BCUT2D eigenvalue weighted by Crippen LogP contribution is 2.30. The lowest BCUT2D eigenvalue weighted by atomic mass is 9.89. The van der Waals surface area contributed by atoms with E-state index >= 15 is 0 Å². The summed E-state index contributed by atoms with van der Waals surface area (Å²) in [6, 6.07) is 18.4. The lowest BCUT2D eigenvalue weighted by Gasteiger charge is -2.32. The molecular weight excluding hydrogens is 358 g/mol. The van der Waals surface area contributed by atoms with Gasteiger partial charge in [-0.05, 0) is 73.3 Å². The Balaban J connectivity index is 1.30. The summed E-state index contributed by atoms with van der Waals surface area (Å²) in [6.07, 6.45) is 5.94. The first-order chi connectivity index (χ1) is 13.3. The Morgan fingerprint density at radius 2 is 1.52 bits per heavy atom. The molecule has 0 atom stereocenters. The van der Waals surface area contributed by atoms with Crippen LogP contribution in [0, 0.1) is 0 Å². The second kappa shape index (κ2) is 8.51. The number of hydrogen-bond acceptors (Lipinski definition) is 4. The average molecular weight is 380 g/mol. The van der Waals surface area contributed by atoms with Gasteiger partial charge in [0.05, 0.1) is 0 Å². The number of piperidine rings is 1. The quantitative estimate of drug-likeness (QED) is 0.563. The first kappa shape index (κ1) is 18.0. The molecule has 2 heterocycles. The Morgan fingerprint density at radius 3 is 2.19 bits per heavy atom. The molecule has 0 aliphatic carbocycles. The van der Waals surface area contributed by atoms with Crippen molar-refractivity contribution in [1.82, 2.24) is 14.9 Å². The molecule has 0 N–H and O–H groups in total. The summed E-state index contributed by atoms with van der Waals surface area (Å²) < 4.78 is 5.88. The lowest BCUT2D eigenvalue weighted by Crippen LogP contribution is -2.32. The highest BCUT2D eigenvalue weighted by atomic mass is 35.5. The van der Waals surface area contributed by atoms with Crippen LogP contribution in [0.15, 0.2) is 67.0 Å². The van der Waals surface area contributed by atoms with E-state index in [-0.39, 0.29) is 0 Å². The number of para-hydroxylation sites is 1. The minimum Gasteiger partial charge on any atom is -0.457 e. The zero-order valence-corrected chi connectivity index (χ0v) is 15.8. The third-order valence-corrected chi connectivity index (χ3v) is 5.19. The lowest BCUT2D eigenvalue weighted by molar-refractivity contribution is 0.204. The number of ether oxygens (including phenoxy) is 1. The maximum absolute atomic E-state index is 5.88. The molecule has 1 aliphatic heterocycles. The van der Waals surface area contributed by atoms with Crippen molar-refractivity contribution in [2.45, 2.75) is 25.3 Å². The van der Waals surface area contributed by atoms with Gasteiger partial charge in [0.2, 0.25) is 5.28 Å². The third kappa shape index (κ3) is 4.85. The largest absolute Gasteiger partial charge is 0.457 e. The molecule has 5 heteroatoms. The van der Waals surface area contributed by atoms with Crippen LogP contribution in [0.5, 0.6) is 11.5 Å². The second-order valence-corrected chi connectivity index (χ2v) is 7.23. The monoisotopic (exact) mass is 379 g/mol. The van der Waals surface area contributed by atoms with Gasteiger partial charge in [0, 0.05) is 24.5 Å². The Hall–Kier alpha value is -2.43. The Bertz CT molecular complexity index is 845. The fourth-order valence-corrected chi connectivity index (χ4v) is 3.63. The third-order valence-electron chi connectivity index (χ3n) is 5.00. The summed E-state index contributed by atoms with van der Waals surface area (Å²) in [5.74, 6) is 2.35. The Labute approximate surface area is 164 Å².